The van der Waals surface area contributed by atoms with Crippen LogP contribution in [0.4, 0.5) is 4.39 Å². The zero-order valence-corrected chi connectivity index (χ0v) is 19.8. The summed E-state index contributed by atoms with van der Waals surface area (Å²) in [5.41, 5.74) is 1.40. The van der Waals surface area contributed by atoms with Crippen molar-refractivity contribution in [3.8, 4) is 17.7 Å². The minimum atomic E-state index is -0.993. The molecule has 0 aliphatic rings. The molecule has 176 valence electrons. The van der Waals surface area contributed by atoms with Crippen molar-refractivity contribution in [1.82, 2.24) is 4.57 Å². The molecule has 0 aliphatic heterocycles. The van der Waals surface area contributed by atoms with Gasteiger partial charge in [-0.2, -0.15) is 5.26 Å². The van der Waals surface area contributed by atoms with Gasteiger partial charge in [0.25, 0.3) is 5.56 Å². The van der Waals surface area contributed by atoms with Crippen LogP contribution < -0.4 is 10.3 Å². The molecule has 0 bridgehead atoms. The molecule has 0 amide bonds. The lowest BCUT2D eigenvalue weighted by Crippen LogP contribution is -2.31. The Hall–Kier alpha value is -3.92. The number of rotatable bonds is 7. The Balaban J connectivity index is 2.06. The van der Waals surface area contributed by atoms with Gasteiger partial charge in [0.2, 0.25) is 11.7 Å². The Kier molecular flexibility index (Phi) is 7.21. The quantitative estimate of drug-likeness (QED) is 0.499. The fourth-order valence-electron chi connectivity index (χ4n) is 3.83. The molecule has 0 radical (unpaired) electrons. The van der Waals surface area contributed by atoms with Crippen LogP contribution in [0.3, 0.4) is 0 Å². The Morgan fingerprint density at radius 3 is 2.38 bits per heavy atom. The second-order valence-corrected chi connectivity index (χ2v) is 8.65. The first-order valence-corrected chi connectivity index (χ1v) is 11.0. The van der Waals surface area contributed by atoms with Gasteiger partial charge in [0.05, 0.1) is 12.1 Å². The van der Waals surface area contributed by atoms with Crippen LogP contribution in [-0.4, -0.2) is 21.6 Å². The Labute approximate surface area is 197 Å². The van der Waals surface area contributed by atoms with Gasteiger partial charge in [-0.05, 0) is 67.1 Å². The predicted molar refractivity (Wildman–Crippen MR) is 127 cm³/mol. The third-order valence-corrected chi connectivity index (χ3v) is 5.76. The third kappa shape index (κ3) is 4.86. The number of aryl methyl sites for hydroxylation is 1. The van der Waals surface area contributed by atoms with Crippen LogP contribution >= 0.6 is 0 Å². The van der Waals surface area contributed by atoms with Crippen LogP contribution in [0.2, 0.25) is 0 Å². The Morgan fingerprint density at radius 1 is 1.15 bits per heavy atom. The number of aromatic hydroxyl groups is 1. The summed E-state index contributed by atoms with van der Waals surface area (Å²) in [5, 5.41) is 20.5. The lowest BCUT2D eigenvalue weighted by atomic mass is 9.98. The molecule has 34 heavy (non-hydrogen) atoms. The highest BCUT2D eigenvalue weighted by Crippen LogP contribution is 2.30. The Morgan fingerprint density at radius 2 is 1.79 bits per heavy atom. The first kappa shape index (κ1) is 24.7. The van der Waals surface area contributed by atoms with Crippen LogP contribution in [0.1, 0.15) is 64.9 Å². The van der Waals surface area contributed by atoms with Gasteiger partial charge >= 0.3 is 0 Å². The average Bonchev–Trinajstić information content (AvgIpc) is 2.78. The number of Topliss-reactive ketones (excluding diaryl/α,β-unsaturated/α-hetero) is 1. The van der Waals surface area contributed by atoms with Crippen LogP contribution in [0.5, 0.6) is 11.6 Å². The maximum absolute atomic E-state index is 13.4. The summed E-state index contributed by atoms with van der Waals surface area (Å²) in [6.07, 6.45) is -0.993. The summed E-state index contributed by atoms with van der Waals surface area (Å²) in [6.45, 7) is 8.84. The molecular formula is C27H27FN2O4. The van der Waals surface area contributed by atoms with E-state index in [1.165, 1.54) is 31.2 Å². The molecule has 1 N–H and O–H groups in total. The van der Waals surface area contributed by atoms with Crippen molar-refractivity contribution in [2.45, 2.75) is 53.2 Å². The fourth-order valence-corrected chi connectivity index (χ4v) is 3.83. The van der Waals surface area contributed by atoms with Gasteiger partial charge in [-0.15, -0.1) is 0 Å². The molecule has 1 heterocycles. The molecular weight excluding hydrogens is 435 g/mol. The summed E-state index contributed by atoms with van der Waals surface area (Å²) >= 11 is 0. The van der Waals surface area contributed by atoms with Gasteiger partial charge in [-0.25, -0.2) is 4.39 Å². The summed E-state index contributed by atoms with van der Waals surface area (Å²) < 4.78 is 20.2. The van der Waals surface area contributed by atoms with Crippen molar-refractivity contribution in [3.63, 3.8) is 0 Å². The van der Waals surface area contributed by atoms with Gasteiger partial charge in [-0.3, -0.25) is 14.2 Å². The number of carbonyl (C=O) groups excluding carboxylic acids is 1. The smallest absolute Gasteiger partial charge is 0.271 e. The van der Waals surface area contributed by atoms with E-state index < -0.39 is 29.1 Å². The first-order valence-electron chi connectivity index (χ1n) is 11.0. The molecule has 1 unspecified atom stereocenters. The van der Waals surface area contributed by atoms with E-state index in [4.69, 9.17) is 4.74 Å². The summed E-state index contributed by atoms with van der Waals surface area (Å²) in [6, 6.07) is 13.0. The molecule has 0 fully saturated rings. The minimum Gasteiger partial charge on any atom is -0.494 e. The molecule has 0 spiro atoms. The van der Waals surface area contributed by atoms with Gasteiger partial charge in [-0.1, -0.05) is 38.1 Å². The number of hydrogen-bond acceptors (Lipinski definition) is 5. The standard InChI is InChI=1S/C27H27FN2O4/c1-15(2)21-11-6-16(3)12-23(21)34-18(5)25(31)24-17(4)22(13-29)26(32)30(27(24)33)14-19-7-9-20(28)10-8-19/h6-12,15,18,33H,14H2,1-5H3. The highest BCUT2D eigenvalue weighted by Gasteiger charge is 2.28. The van der Waals surface area contributed by atoms with Crippen LogP contribution in [0.25, 0.3) is 0 Å². The number of aromatic nitrogens is 1. The maximum atomic E-state index is 13.4. The van der Waals surface area contributed by atoms with Gasteiger partial charge in [0.1, 0.15) is 23.2 Å². The fraction of sp³-hybridized carbons (Fsp3) is 0.296. The van der Waals surface area contributed by atoms with Crippen molar-refractivity contribution >= 4 is 5.78 Å². The summed E-state index contributed by atoms with van der Waals surface area (Å²) in [4.78, 5) is 26.3. The van der Waals surface area contributed by atoms with E-state index in [0.29, 0.717) is 11.3 Å². The normalized spacial score (nSPS) is 11.8. The second kappa shape index (κ2) is 9.92. The van der Waals surface area contributed by atoms with Crippen LogP contribution in [-0.2, 0) is 6.54 Å². The van der Waals surface area contributed by atoms with Crippen molar-refractivity contribution in [3.05, 3.63) is 92.0 Å². The van der Waals surface area contributed by atoms with Crippen LogP contribution in [0, 0.1) is 31.0 Å². The molecule has 0 saturated carbocycles. The first-order chi connectivity index (χ1) is 16.0. The van der Waals surface area contributed by atoms with E-state index in [1.54, 1.807) is 6.92 Å². The molecule has 6 nitrogen and oxygen atoms in total. The summed E-state index contributed by atoms with van der Waals surface area (Å²) in [5.74, 6) is -0.833. The largest absolute Gasteiger partial charge is 0.494 e. The maximum Gasteiger partial charge on any atom is 0.271 e. The third-order valence-electron chi connectivity index (χ3n) is 5.76. The lowest BCUT2D eigenvalue weighted by Gasteiger charge is -2.21. The number of benzene rings is 2. The van der Waals surface area contributed by atoms with Crippen molar-refractivity contribution in [1.29, 1.82) is 5.26 Å². The number of pyridine rings is 1. The van der Waals surface area contributed by atoms with Crippen LogP contribution in [0.15, 0.2) is 47.3 Å². The number of halogens is 1. The number of ketones is 1. The molecule has 3 rings (SSSR count). The van der Waals surface area contributed by atoms with E-state index in [9.17, 15) is 24.3 Å². The number of nitriles is 1. The van der Waals surface area contributed by atoms with E-state index in [2.05, 4.69) is 0 Å². The van der Waals surface area contributed by atoms with Gasteiger partial charge in [0.15, 0.2) is 6.10 Å². The molecule has 7 heteroatoms. The topological polar surface area (TPSA) is 92.3 Å². The Bertz CT molecular complexity index is 1330. The number of nitrogens with zero attached hydrogens (tertiary/aromatic N) is 2. The van der Waals surface area contributed by atoms with Gasteiger partial charge < -0.3 is 9.84 Å². The minimum absolute atomic E-state index is 0.0918. The van der Waals surface area contributed by atoms with E-state index in [0.717, 1.165) is 15.7 Å². The zero-order valence-electron chi connectivity index (χ0n) is 19.8. The predicted octanol–water partition coefficient (Wildman–Crippen LogP) is 5.00. The SMILES string of the molecule is Cc1ccc(C(C)C)c(OC(C)C(=O)c2c(C)c(C#N)c(=O)n(Cc3ccc(F)cc3)c2O)c1. The van der Waals surface area contributed by atoms with Gasteiger partial charge in [0, 0.05) is 0 Å². The second-order valence-electron chi connectivity index (χ2n) is 8.65. The number of carbonyl (C=O) groups is 1. The molecule has 1 atom stereocenters. The molecule has 1 aromatic heterocycles. The molecule has 0 saturated heterocycles. The van der Waals surface area contributed by atoms with Crippen molar-refractivity contribution in [2.75, 3.05) is 0 Å². The van der Waals surface area contributed by atoms with E-state index in [-0.39, 0.29) is 29.2 Å². The summed E-state index contributed by atoms with van der Waals surface area (Å²) in [7, 11) is 0. The highest BCUT2D eigenvalue weighted by molar-refractivity contribution is 6.03. The van der Waals surface area contributed by atoms with E-state index in [1.807, 2.05) is 45.0 Å². The number of hydrogen-bond donors (Lipinski definition) is 1. The molecule has 0 aliphatic carbocycles. The monoisotopic (exact) mass is 462 g/mol. The molecule has 2 aromatic carbocycles. The zero-order chi connectivity index (χ0) is 25.2. The van der Waals surface area contributed by atoms with Crippen molar-refractivity contribution in [2.24, 2.45) is 0 Å². The average molecular weight is 463 g/mol. The highest BCUT2D eigenvalue weighted by atomic mass is 19.1. The lowest BCUT2D eigenvalue weighted by molar-refractivity contribution is 0.0810. The van der Waals surface area contributed by atoms with Crippen molar-refractivity contribution < 1.29 is 19.0 Å². The van der Waals surface area contributed by atoms with E-state index >= 15 is 0 Å². The number of ether oxygens (including phenoxy) is 1. The molecule has 3 aromatic rings.